The van der Waals surface area contributed by atoms with Gasteiger partial charge in [-0.05, 0) is 31.9 Å². The Morgan fingerprint density at radius 2 is 1.82 bits per heavy atom. The first-order valence-electron chi connectivity index (χ1n) is 7.92. The third kappa shape index (κ3) is 6.61. The zero-order valence-corrected chi connectivity index (χ0v) is 14.0. The monoisotopic (exact) mass is 304 g/mol. The fraction of sp³-hybridized carbons (Fsp3) is 0.529. The maximum atomic E-state index is 11.9. The van der Waals surface area contributed by atoms with Crippen molar-refractivity contribution in [2.24, 2.45) is 10.9 Å². The summed E-state index contributed by atoms with van der Waals surface area (Å²) in [4.78, 5) is 16.4. The molecule has 1 amide bonds. The summed E-state index contributed by atoms with van der Waals surface area (Å²) < 4.78 is 0. The minimum Gasteiger partial charge on any atom is -0.357 e. The molecular weight excluding hydrogens is 276 g/mol. The third-order valence-corrected chi connectivity index (χ3v) is 3.41. The van der Waals surface area contributed by atoms with Gasteiger partial charge < -0.3 is 16.0 Å². The van der Waals surface area contributed by atoms with E-state index in [0.29, 0.717) is 30.6 Å². The van der Waals surface area contributed by atoms with Crippen molar-refractivity contribution in [2.45, 2.75) is 33.7 Å². The van der Waals surface area contributed by atoms with E-state index in [9.17, 15) is 4.79 Å². The minimum absolute atomic E-state index is 0.0655. The highest BCUT2D eigenvalue weighted by atomic mass is 16.1. The Balaban J connectivity index is 2.42. The van der Waals surface area contributed by atoms with Gasteiger partial charge in [0, 0.05) is 24.7 Å². The van der Waals surface area contributed by atoms with Gasteiger partial charge in [-0.3, -0.25) is 9.79 Å². The molecule has 0 aliphatic carbocycles. The molecule has 5 nitrogen and oxygen atoms in total. The van der Waals surface area contributed by atoms with E-state index in [-0.39, 0.29) is 5.91 Å². The second kappa shape index (κ2) is 9.82. The van der Waals surface area contributed by atoms with E-state index in [0.717, 1.165) is 12.5 Å². The Morgan fingerprint density at radius 1 is 1.14 bits per heavy atom. The van der Waals surface area contributed by atoms with Crippen LogP contribution >= 0.6 is 0 Å². The van der Waals surface area contributed by atoms with Crippen molar-refractivity contribution in [1.82, 2.24) is 16.0 Å². The number of aliphatic imine (C=N–C) groups is 1. The quantitative estimate of drug-likeness (QED) is 0.410. The predicted molar refractivity (Wildman–Crippen MR) is 92.2 cm³/mol. The van der Waals surface area contributed by atoms with Crippen molar-refractivity contribution in [1.29, 1.82) is 0 Å². The van der Waals surface area contributed by atoms with Crippen LogP contribution < -0.4 is 16.0 Å². The minimum atomic E-state index is -0.0655. The fourth-order valence-corrected chi connectivity index (χ4v) is 1.73. The fourth-order valence-electron chi connectivity index (χ4n) is 1.73. The molecule has 1 rings (SSSR count). The molecule has 1 unspecified atom stereocenters. The number of carbonyl (C=O) groups is 1. The van der Waals surface area contributed by atoms with Crippen LogP contribution in [0.15, 0.2) is 35.3 Å². The molecule has 3 N–H and O–H groups in total. The van der Waals surface area contributed by atoms with Crippen LogP contribution in [-0.2, 0) is 0 Å². The molecule has 22 heavy (non-hydrogen) atoms. The lowest BCUT2D eigenvalue weighted by Gasteiger charge is -2.20. The molecule has 0 heterocycles. The molecule has 0 saturated heterocycles. The van der Waals surface area contributed by atoms with Gasteiger partial charge in [0.25, 0.3) is 5.91 Å². The second-order valence-electron chi connectivity index (χ2n) is 5.56. The molecule has 0 fully saturated rings. The molecular formula is C17H28N4O. The lowest BCUT2D eigenvalue weighted by atomic mass is 10.1. The van der Waals surface area contributed by atoms with Crippen LogP contribution in [0.2, 0.25) is 0 Å². The smallest absolute Gasteiger partial charge is 0.251 e. The van der Waals surface area contributed by atoms with Crippen LogP contribution in [0.4, 0.5) is 0 Å². The molecule has 0 spiro atoms. The van der Waals surface area contributed by atoms with E-state index in [1.54, 1.807) is 12.1 Å². The zero-order chi connectivity index (χ0) is 16.4. The normalized spacial score (nSPS) is 12.9. The first kappa shape index (κ1) is 18.0. The summed E-state index contributed by atoms with van der Waals surface area (Å²) in [6.45, 7) is 10.4. The van der Waals surface area contributed by atoms with E-state index in [2.05, 4.69) is 41.7 Å². The third-order valence-electron chi connectivity index (χ3n) is 3.41. The van der Waals surface area contributed by atoms with E-state index >= 15 is 0 Å². The van der Waals surface area contributed by atoms with Gasteiger partial charge in [0.15, 0.2) is 5.96 Å². The maximum Gasteiger partial charge on any atom is 0.251 e. The highest BCUT2D eigenvalue weighted by Crippen LogP contribution is 1.99. The number of hydrogen-bond acceptors (Lipinski definition) is 2. The molecule has 0 bridgehead atoms. The van der Waals surface area contributed by atoms with E-state index in [4.69, 9.17) is 0 Å². The van der Waals surface area contributed by atoms with Gasteiger partial charge in [-0.2, -0.15) is 0 Å². The Hall–Kier alpha value is -2.04. The molecule has 122 valence electrons. The highest BCUT2D eigenvalue weighted by Gasteiger charge is 2.08. The van der Waals surface area contributed by atoms with Gasteiger partial charge in [0.1, 0.15) is 0 Å². The molecule has 1 aromatic carbocycles. The van der Waals surface area contributed by atoms with Crippen LogP contribution in [0.1, 0.15) is 38.1 Å². The van der Waals surface area contributed by atoms with Crippen molar-refractivity contribution >= 4 is 11.9 Å². The SMILES string of the molecule is CCNC(=NCCNC(=O)c1ccccc1)NC(C)C(C)C. The van der Waals surface area contributed by atoms with Crippen LogP contribution in [0.25, 0.3) is 0 Å². The Kier molecular flexibility index (Phi) is 8.04. The molecule has 0 aliphatic heterocycles. The number of nitrogens with zero attached hydrogens (tertiary/aromatic N) is 1. The number of nitrogens with one attached hydrogen (secondary N) is 3. The second-order valence-corrected chi connectivity index (χ2v) is 5.56. The van der Waals surface area contributed by atoms with Gasteiger partial charge in [-0.1, -0.05) is 32.0 Å². The average Bonchev–Trinajstić information content (AvgIpc) is 2.52. The number of hydrogen-bond donors (Lipinski definition) is 3. The standard InChI is InChI=1S/C17H28N4O/c1-5-18-17(21-14(4)13(2)3)20-12-11-19-16(22)15-9-7-6-8-10-15/h6-10,13-14H,5,11-12H2,1-4H3,(H,19,22)(H2,18,20,21). The Labute approximate surface area is 133 Å². The number of amides is 1. The van der Waals surface area contributed by atoms with E-state index < -0.39 is 0 Å². The number of rotatable bonds is 7. The lowest BCUT2D eigenvalue weighted by molar-refractivity contribution is 0.0955. The summed E-state index contributed by atoms with van der Waals surface area (Å²) in [7, 11) is 0. The molecule has 0 aromatic heterocycles. The van der Waals surface area contributed by atoms with Gasteiger partial charge in [0.2, 0.25) is 0 Å². The topological polar surface area (TPSA) is 65.5 Å². The lowest BCUT2D eigenvalue weighted by Crippen LogP contribution is -2.44. The Bertz CT molecular complexity index is 471. The van der Waals surface area contributed by atoms with Crippen molar-refractivity contribution in [3.63, 3.8) is 0 Å². The van der Waals surface area contributed by atoms with Crippen LogP contribution in [0, 0.1) is 5.92 Å². The number of benzene rings is 1. The van der Waals surface area contributed by atoms with Crippen molar-refractivity contribution in [2.75, 3.05) is 19.6 Å². The largest absolute Gasteiger partial charge is 0.357 e. The van der Waals surface area contributed by atoms with Crippen molar-refractivity contribution in [3.8, 4) is 0 Å². The molecule has 0 aliphatic rings. The van der Waals surface area contributed by atoms with Crippen LogP contribution in [0.3, 0.4) is 0 Å². The summed E-state index contributed by atoms with van der Waals surface area (Å²) in [5.41, 5.74) is 0.671. The highest BCUT2D eigenvalue weighted by molar-refractivity contribution is 5.94. The van der Waals surface area contributed by atoms with Gasteiger partial charge >= 0.3 is 0 Å². The number of carbonyl (C=O) groups excluding carboxylic acids is 1. The molecule has 1 aromatic rings. The van der Waals surface area contributed by atoms with Crippen molar-refractivity contribution in [3.05, 3.63) is 35.9 Å². The summed E-state index contributed by atoms with van der Waals surface area (Å²) >= 11 is 0. The molecule has 0 saturated carbocycles. The van der Waals surface area contributed by atoms with Crippen LogP contribution in [0.5, 0.6) is 0 Å². The predicted octanol–water partition coefficient (Wildman–Crippen LogP) is 2.02. The summed E-state index contributed by atoms with van der Waals surface area (Å²) in [6, 6.07) is 9.55. The molecule has 1 atom stereocenters. The number of guanidine groups is 1. The summed E-state index contributed by atoms with van der Waals surface area (Å²) in [5.74, 6) is 1.25. The Morgan fingerprint density at radius 3 is 2.41 bits per heavy atom. The van der Waals surface area contributed by atoms with Crippen molar-refractivity contribution < 1.29 is 4.79 Å². The molecule has 0 radical (unpaired) electrons. The van der Waals surface area contributed by atoms with E-state index in [1.165, 1.54) is 0 Å². The maximum absolute atomic E-state index is 11.9. The first-order chi connectivity index (χ1) is 10.5. The van der Waals surface area contributed by atoms with E-state index in [1.807, 2.05) is 25.1 Å². The zero-order valence-electron chi connectivity index (χ0n) is 14.0. The first-order valence-corrected chi connectivity index (χ1v) is 7.92. The van der Waals surface area contributed by atoms with Crippen LogP contribution in [-0.4, -0.2) is 37.5 Å². The summed E-state index contributed by atoms with van der Waals surface area (Å²) in [5, 5.41) is 9.45. The van der Waals surface area contributed by atoms with Gasteiger partial charge in [-0.15, -0.1) is 0 Å². The summed E-state index contributed by atoms with van der Waals surface area (Å²) in [6.07, 6.45) is 0. The van der Waals surface area contributed by atoms with Gasteiger partial charge in [0.05, 0.1) is 6.54 Å². The molecule has 5 heteroatoms. The van der Waals surface area contributed by atoms with Gasteiger partial charge in [-0.25, -0.2) is 0 Å². The average molecular weight is 304 g/mol.